The van der Waals surface area contributed by atoms with Gasteiger partial charge in [-0.15, -0.1) is 0 Å². The van der Waals surface area contributed by atoms with Crippen molar-refractivity contribution >= 4 is 17.8 Å². The molecule has 35 heavy (non-hydrogen) atoms. The second-order valence-electron chi connectivity index (χ2n) is 8.80. The van der Waals surface area contributed by atoms with Crippen LogP contribution in [0.3, 0.4) is 0 Å². The maximum atomic E-state index is 13.1. The summed E-state index contributed by atoms with van der Waals surface area (Å²) in [4.78, 5) is 39.4. The normalized spacial score (nSPS) is 18.0. The van der Waals surface area contributed by atoms with E-state index in [4.69, 9.17) is 14.2 Å². The molecule has 0 spiro atoms. The number of rotatable bonds is 12. The van der Waals surface area contributed by atoms with Gasteiger partial charge in [0.05, 0.1) is 31.8 Å². The molecular formula is C27H33NO7. The third kappa shape index (κ3) is 6.90. The number of imide groups is 1. The van der Waals surface area contributed by atoms with Crippen molar-refractivity contribution < 1.29 is 33.7 Å². The summed E-state index contributed by atoms with van der Waals surface area (Å²) in [7, 11) is 1.60. The van der Waals surface area contributed by atoms with Crippen molar-refractivity contribution in [3.05, 3.63) is 65.7 Å². The van der Waals surface area contributed by atoms with Gasteiger partial charge in [0.2, 0.25) is 5.91 Å². The first-order valence-corrected chi connectivity index (χ1v) is 11.8. The fourth-order valence-corrected chi connectivity index (χ4v) is 4.05. The maximum absolute atomic E-state index is 13.1. The number of ketones is 1. The zero-order chi connectivity index (χ0) is 25.4. The molecule has 1 saturated heterocycles. The van der Waals surface area contributed by atoms with Crippen LogP contribution in [0.5, 0.6) is 5.75 Å². The monoisotopic (exact) mass is 483 g/mol. The summed E-state index contributed by atoms with van der Waals surface area (Å²) < 4.78 is 15.8. The van der Waals surface area contributed by atoms with Gasteiger partial charge in [0.15, 0.2) is 0 Å². The zero-order valence-corrected chi connectivity index (χ0v) is 20.4. The molecule has 0 bridgehead atoms. The number of benzene rings is 2. The second-order valence-corrected chi connectivity index (χ2v) is 8.80. The van der Waals surface area contributed by atoms with Gasteiger partial charge in [0, 0.05) is 12.5 Å². The zero-order valence-electron chi connectivity index (χ0n) is 20.4. The SMILES string of the molecule is COc1ccc(COCC[C@@H](O)[C@@H](C)C(=O)[C@H](C)C(=O)N2C(=O)OC[C@@H]2Cc2ccccc2)cc1. The molecule has 0 aromatic heterocycles. The minimum Gasteiger partial charge on any atom is -0.497 e. The Labute approximate surface area is 205 Å². The first kappa shape index (κ1) is 26.4. The smallest absolute Gasteiger partial charge is 0.417 e. The highest BCUT2D eigenvalue weighted by Gasteiger charge is 2.42. The number of aliphatic hydroxyl groups is 1. The average molecular weight is 484 g/mol. The number of carbonyl (C=O) groups excluding carboxylic acids is 3. The fourth-order valence-electron chi connectivity index (χ4n) is 4.05. The molecule has 0 radical (unpaired) electrons. The van der Waals surface area contributed by atoms with Crippen LogP contribution in [0.2, 0.25) is 0 Å². The van der Waals surface area contributed by atoms with E-state index in [1.807, 2.05) is 54.6 Å². The standard InChI is InChI=1S/C27H33NO7/c1-18(24(29)13-14-34-16-21-9-11-23(33-3)12-10-21)25(30)19(2)26(31)28-22(17-35-27(28)32)15-20-7-5-4-6-8-20/h4-12,18-19,22,24,29H,13-17H2,1-3H3/t18-,19+,22+,24-/m1/s1. The average Bonchev–Trinajstić information content (AvgIpc) is 3.25. The van der Waals surface area contributed by atoms with Crippen LogP contribution in [0.1, 0.15) is 31.4 Å². The molecule has 1 heterocycles. The van der Waals surface area contributed by atoms with E-state index in [1.165, 1.54) is 6.92 Å². The van der Waals surface area contributed by atoms with Gasteiger partial charge in [-0.2, -0.15) is 0 Å². The number of nitrogens with zero attached hydrogens (tertiary/aromatic N) is 1. The largest absolute Gasteiger partial charge is 0.497 e. The third-order valence-corrected chi connectivity index (χ3v) is 6.32. The molecule has 8 nitrogen and oxygen atoms in total. The van der Waals surface area contributed by atoms with Crippen LogP contribution in [0, 0.1) is 11.8 Å². The highest BCUT2D eigenvalue weighted by molar-refractivity contribution is 6.07. The van der Waals surface area contributed by atoms with E-state index < -0.39 is 41.8 Å². The molecule has 2 amide bonds. The van der Waals surface area contributed by atoms with Gasteiger partial charge < -0.3 is 19.3 Å². The summed E-state index contributed by atoms with van der Waals surface area (Å²) >= 11 is 0. The summed E-state index contributed by atoms with van der Waals surface area (Å²) in [6, 6.07) is 16.5. The van der Waals surface area contributed by atoms with Crippen LogP contribution >= 0.6 is 0 Å². The molecule has 4 atom stereocenters. The van der Waals surface area contributed by atoms with E-state index in [-0.39, 0.29) is 19.6 Å². The number of methoxy groups -OCH3 is 1. The first-order valence-electron chi connectivity index (χ1n) is 11.8. The molecular weight excluding hydrogens is 450 g/mol. The van der Waals surface area contributed by atoms with Crippen LogP contribution < -0.4 is 4.74 Å². The van der Waals surface area contributed by atoms with E-state index in [2.05, 4.69) is 0 Å². The molecule has 0 aliphatic carbocycles. The lowest BCUT2D eigenvalue weighted by molar-refractivity contribution is -0.142. The van der Waals surface area contributed by atoms with Crippen LogP contribution in [-0.2, 0) is 32.1 Å². The molecule has 1 aliphatic heterocycles. The van der Waals surface area contributed by atoms with E-state index in [9.17, 15) is 19.5 Å². The number of amides is 2. The lowest BCUT2D eigenvalue weighted by Gasteiger charge is -2.25. The lowest BCUT2D eigenvalue weighted by Crippen LogP contribution is -2.46. The molecule has 2 aromatic rings. The van der Waals surface area contributed by atoms with Crippen molar-refractivity contribution in [3.8, 4) is 5.75 Å². The number of ether oxygens (including phenoxy) is 3. The molecule has 1 N–H and O–H groups in total. The van der Waals surface area contributed by atoms with Gasteiger partial charge >= 0.3 is 6.09 Å². The Morgan fingerprint density at radius 2 is 1.77 bits per heavy atom. The van der Waals surface area contributed by atoms with E-state index in [1.54, 1.807) is 14.0 Å². The Balaban J connectivity index is 1.49. The number of hydrogen-bond donors (Lipinski definition) is 1. The number of Topliss-reactive ketones (excluding diaryl/α,β-unsaturated/α-hetero) is 1. The van der Waals surface area contributed by atoms with Gasteiger partial charge in [-0.3, -0.25) is 9.59 Å². The first-order chi connectivity index (χ1) is 16.8. The lowest BCUT2D eigenvalue weighted by atomic mass is 9.89. The summed E-state index contributed by atoms with van der Waals surface area (Å²) in [6.45, 7) is 3.77. The Morgan fingerprint density at radius 1 is 1.09 bits per heavy atom. The van der Waals surface area contributed by atoms with Crippen LogP contribution in [-0.4, -0.2) is 60.3 Å². The van der Waals surface area contributed by atoms with Gasteiger partial charge in [-0.25, -0.2) is 9.69 Å². The van der Waals surface area contributed by atoms with Crippen molar-refractivity contribution in [1.29, 1.82) is 0 Å². The molecule has 1 fully saturated rings. The minimum atomic E-state index is -1.08. The van der Waals surface area contributed by atoms with Gasteiger partial charge in [0.25, 0.3) is 0 Å². The van der Waals surface area contributed by atoms with Crippen LogP contribution in [0.4, 0.5) is 4.79 Å². The minimum absolute atomic E-state index is 0.0874. The third-order valence-electron chi connectivity index (χ3n) is 6.32. The Hall–Kier alpha value is -3.23. The Kier molecular flexibility index (Phi) is 9.39. The number of cyclic esters (lactones) is 1. The Morgan fingerprint density at radius 3 is 2.43 bits per heavy atom. The molecule has 0 saturated carbocycles. The summed E-state index contributed by atoms with van der Waals surface area (Å²) in [5, 5.41) is 10.5. The predicted octanol–water partition coefficient (Wildman–Crippen LogP) is 3.39. The van der Waals surface area contributed by atoms with Crippen molar-refractivity contribution in [1.82, 2.24) is 4.90 Å². The van der Waals surface area contributed by atoms with Crippen LogP contribution in [0.15, 0.2) is 54.6 Å². The molecule has 1 aliphatic rings. The van der Waals surface area contributed by atoms with Crippen molar-refractivity contribution in [2.75, 3.05) is 20.3 Å². The van der Waals surface area contributed by atoms with Crippen molar-refractivity contribution in [2.24, 2.45) is 11.8 Å². The fraction of sp³-hybridized carbons (Fsp3) is 0.444. The highest BCUT2D eigenvalue weighted by Crippen LogP contribution is 2.23. The number of carbonyl (C=O) groups is 3. The summed E-state index contributed by atoms with van der Waals surface area (Å²) in [5.74, 6) is -2.13. The van der Waals surface area contributed by atoms with E-state index >= 15 is 0 Å². The maximum Gasteiger partial charge on any atom is 0.417 e. The van der Waals surface area contributed by atoms with E-state index in [0.29, 0.717) is 13.0 Å². The number of aliphatic hydroxyl groups excluding tert-OH is 1. The Bertz CT molecular complexity index is 992. The molecule has 2 aromatic carbocycles. The topological polar surface area (TPSA) is 102 Å². The highest BCUT2D eigenvalue weighted by atomic mass is 16.6. The summed E-state index contributed by atoms with van der Waals surface area (Å²) in [5.41, 5.74) is 1.93. The van der Waals surface area contributed by atoms with Crippen molar-refractivity contribution in [3.63, 3.8) is 0 Å². The predicted molar refractivity (Wildman–Crippen MR) is 129 cm³/mol. The number of hydrogen-bond acceptors (Lipinski definition) is 7. The second kappa shape index (κ2) is 12.5. The summed E-state index contributed by atoms with van der Waals surface area (Å²) in [6.07, 6.45) is -1.02. The van der Waals surface area contributed by atoms with Crippen LogP contribution in [0.25, 0.3) is 0 Å². The molecule has 188 valence electrons. The van der Waals surface area contributed by atoms with Crippen molar-refractivity contribution in [2.45, 2.75) is 45.4 Å². The van der Waals surface area contributed by atoms with Gasteiger partial charge in [0.1, 0.15) is 18.1 Å². The molecule has 3 rings (SSSR count). The van der Waals surface area contributed by atoms with Gasteiger partial charge in [-0.1, -0.05) is 49.4 Å². The van der Waals surface area contributed by atoms with E-state index in [0.717, 1.165) is 21.8 Å². The quantitative estimate of drug-likeness (QED) is 0.365. The molecule has 0 unspecified atom stereocenters. The van der Waals surface area contributed by atoms with Gasteiger partial charge in [-0.05, 0) is 43.0 Å². The molecule has 8 heteroatoms.